The molecule has 0 radical (unpaired) electrons. The maximum absolute atomic E-state index is 5.79. The van der Waals surface area contributed by atoms with Crippen LogP contribution >= 0.6 is 11.3 Å². The van der Waals surface area contributed by atoms with E-state index in [1.165, 1.54) is 11.3 Å². The molecule has 2 aromatic carbocycles. The lowest BCUT2D eigenvalue weighted by Gasteiger charge is -2.15. The van der Waals surface area contributed by atoms with E-state index in [4.69, 9.17) is 9.47 Å². The molecule has 0 atom stereocenters. The third-order valence-electron chi connectivity index (χ3n) is 3.59. The Labute approximate surface area is 151 Å². The Morgan fingerprint density at radius 3 is 1.48 bits per heavy atom. The van der Waals surface area contributed by atoms with Crippen LogP contribution < -0.4 is 9.47 Å². The largest absolute Gasteiger partial charge is 0.484 e. The summed E-state index contributed by atoms with van der Waals surface area (Å²) in [5.41, 5.74) is 1.94. The average Bonchev–Trinajstić information content (AvgIpc) is 3.04. The van der Waals surface area contributed by atoms with Crippen LogP contribution in [0.2, 0.25) is 0 Å². The molecule has 120 valence electrons. The van der Waals surface area contributed by atoms with Crippen molar-refractivity contribution in [2.45, 2.75) is 0 Å². The van der Waals surface area contributed by atoms with E-state index >= 15 is 0 Å². The Hall–Kier alpha value is -3.14. The molecule has 0 aliphatic carbocycles. The fourth-order valence-electron chi connectivity index (χ4n) is 2.42. The molecule has 0 spiro atoms. The van der Waals surface area contributed by atoms with Gasteiger partial charge in [0.2, 0.25) is 0 Å². The second kappa shape index (κ2) is 7.18. The van der Waals surface area contributed by atoms with Gasteiger partial charge in [-0.2, -0.15) is 0 Å². The molecule has 3 aromatic rings. The zero-order valence-electron chi connectivity index (χ0n) is 13.4. The van der Waals surface area contributed by atoms with Crippen molar-refractivity contribution in [1.29, 1.82) is 0 Å². The van der Waals surface area contributed by atoms with Crippen LogP contribution in [0.15, 0.2) is 60.7 Å². The normalized spacial score (nSPS) is 11.7. The number of rotatable bonds is 0. The van der Waals surface area contributed by atoms with Crippen LogP contribution in [0, 0.1) is 23.7 Å². The molecule has 4 rings (SSSR count). The second-order valence-corrected chi connectivity index (χ2v) is 6.37. The summed E-state index contributed by atoms with van der Waals surface area (Å²) in [4.78, 5) is 1.71. The summed E-state index contributed by atoms with van der Waals surface area (Å²) < 4.78 is 11.6. The maximum Gasteiger partial charge on any atom is 0.189 e. The van der Waals surface area contributed by atoms with Gasteiger partial charge in [-0.25, -0.2) is 0 Å². The summed E-state index contributed by atoms with van der Waals surface area (Å²) in [5.74, 6) is 14.2. The topological polar surface area (TPSA) is 18.5 Å². The van der Waals surface area contributed by atoms with Crippen LogP contribution in [0.1, 0.15) is 20.9 Å². The quantitative estimate of drug-likeness (QED) is 0.567. The second-order valence-electron chi connectivity index (χ2n) is 5.35. The Kier molecular flexibility index (Phi) is 4.42. The molecule has 2 nitrogen and oxygen atoms in total. The van der Waals surface area contributed by atoms with Gasteiger partial charge in [0.1, 0.15) is 23.0 Å². The van der Waals surface area contributed by atoms with Crippen molar-refractivity contribution in [3.05, 3.63) is 81.5 Å². The van der Waals surface area contributed by atoms with Gasteiger partial charge in [-0.05, 0) is 36.1 Å². The Morgan fingerprint density at radius 2 is 1.04 bits per heavy atom. The number of benzene rings is 2. The van der Waals surface area contributed by atoms with Crippen LogP contribution in [0.5, 0.6) is 11.5 Å². The van der Waals surface area contributed by atoms with Crippen molar-refractivity contribution >= 4 is 11.3 Å². The molecule has 1 aromatic heterocycles. The highest BCUT2D eigenvalue weighted by Crippen LogP contribution is 2.43. The molecule has 0 unspecified atom stereocenters. The first-order valence-electron chi connectivity index (χ1n) is 7.97. The number of hydrogen-bond donors (Lipinski definition) is 0. The van der Waals surface area contributed by atoms with E-state index in [1.807, 2.05) is 60.7 Å². The molecule has 1 aliphatic rings. The maximum atomic E-state index is 5.79. The minimum absolute atomic E-state index is 0.537. The molecule has 0 amide bonds. The predicted molar refractivity (Wildman–Crippen MR) is 100 cm³/mol. The van der Waals surface area contributed by atoms with Gasteiger partial charge in [0.15, 0.2) is 11.5 Å². The van der Waals surface area contributed by atoms with Crippen molar-refractivity contribution in [3.8, 4) is 35.2 Å². The van der Waals surface area contributed by atoms with Crippen LogP contribution in [0.4, 0.5) is 0 Å². The van der Waals surface area contributed by atoms with E-state index in [2.05, 4.69) is 23.7 Å². The monoisotopic (exact) mass is 342 g/mol. The molecule has 0 saturated heterocycles. The van der Waals surface area contributed by atoms with E-state index < -0.39 is 0 Å². The first-order chi connectivity index (χ1) is 12.4. The summed E-state index contributed by atoms with van der Waals surface area (Å²) in [6.45, 7) is 1.07. The lowest BCUT2D eigenvalue weighted by molar-refractivity contribution is 0.172. The highest BCUT2D eigenvalue weighted by Gasteiger charge is 2.22. The lowest BCUT2D eigenvalue weighted by atomic mass is 10.2. The molecule has 2 heterocycles. The summed E-state index contributed by atoms with van der Waals surface area (Å²) in [6, 6.07) is 19.8. The van der Waals surface area contributed by atoms with E-state index in [1.54, 1.807) is 0 Å². The van der Waals surface area contributed by atoms with E-state index in [9.17, 15) is 0 Å². The molecule has 0 bridgehead atoms. The molecular weight excluding hydrogens is 328 g/mol. The number of thiophene rings is 1. The predicted octanol–water partition coefficient (Wildman–Crippen LogP) is 4.32. The third-order valence-corrected chi connectivity index (χ3v) is 4.57. The number of ether oxygens (including phenoxy) is 2. The van der Waals surface area contributed by atoms with Crippen molar-refractivity contribution in [1.82, 2.24) is 0 Å². The molecule has 3 heteroatoms. The third kappa shape index (κ3) is 3.53. The zero-order valence-corrected chi connectivity index (χ0v) is 14.2. The van der Waals surface area contributed by atoms with Gasteiger partial charge in [0.25, 0.3) is 0 Å². The molecule has 1 aliphatic heterocycles. The first kappa shape index (κ1) is 15.4. The van der Waals surface area contributed by atoms with E-state index in [0.29, 0.717) is 13.2 Å². The summed E-state index contributed by atoms with van der Waals surface area (Å²) in [5, 5.41) is 0. The van der Waals surface area contributed by atoms with Gasteiger partial charge in [-0.3, -0.25) is 0 Å². The van der Waals surface area contributed by atoms with Crippen LogP contribution in [0.25, 0.3) is 0 Å². The van der Waals surface area contributed by atoms with Crippen molar-refractivity contribution in [2.75, 3.05) is 13.2 Å². The molecule has 0 N–H and O–H groups in total. The average molecular weight is 342 g/mol. The van der Waals surface area contributed by atoms with Crippen LogP contribution in [-0.2, 0) is 0 Å². The van der Waals surface area contributed by atoms with Gasteiger partial charge in [-0.15, -0.1) is 11.3 Å². The molecule has 0 saturated carbocycles. The van der Waals surface area contributed by atoms with Crippen molar-refractivity contribution < 1.29 is 9.47 Å². The molecule has 25 heavy (non-hydrogen) atoms. The fraction of sp³-hybridized carbons (Fsp3) is 0.0909. The first-order valence-corrected chi connectivity index (χ1v) is 8.78. The van der Waals surface area contributed by atoms with Crippen molar-refractivity contribution in [2.24, 2.45) is 0 Å². The SMILES string of the molecule is C(#Cc1sc(C#Cc2ccccc2)c2c1OCCO2)c1ccccc1. The van der Waals surface area contributed by atoms with E-state index in [-0.39, 0.29) is 0 Å². The van der Waals surface area contributed by atoms with Gasteiger partial charge in [-0.1, -0.05) is 48.2 Å². The summed E-state index contributed by atoms with van der Waals surface area (Å²) in [7, 11) is 0. The molecule has 0 fully saturated rings. The standard InChI is InChI=1S/C22H14O2S/c1-3-7-17(8-4-1)11-13-19-21-22(24-16-15-23-21)20(25-19)14-12-18-9-5-2-6-10-18/h1-10H,15-16H2. The minimum atomic E-state index is 0.537. The summed E-state index contributed by atoms with van der Waals surface area (Å²) >= 11 is 1.52. The van der Waals surface area contributed by atoms with Crippen LogP contribution in [-0.4, -0.2) is 13.2 Å². The van der Waals surface area contributed by atoms with Gasteiger partial charge in [0.05, 0.1) is 0 Å². The number of fused-ring (bicyclic) bond motifs is 1. The smallest absolute Gasteiger partial charge is 0.189 e. The Balaban J connectivity index is 1.71. The fourth-order valence-corrected chi connectivity index (χ4v) is 3.31. The molecular formula is C22H14O2S. The lowest BCUT2D eigenvalue weighted by Crippen LogP contribution is -2.15. The van der Waals surface area contributed by atoms with Gasteiger partial charge >= 0.3 is 0 Å². The van der Waals surface area contributed by atoms with Crippen LogP contribution in [0.3, 0.4) is 0 Å². The van der Waals surface area contributed by atoms with Crippen molar-refractivity contribution in [3.63, 3.8) is 0 Å². The Morgan fingerprint density at radius 1 is 0.600 bits per heavy atom. The summed E-state index contributed by atoms with van der Waals surface area (Å²) in [6.07, 6.45) is 0. The zero-order chi connectivity index (χ0) is 16.9. The van der Waals surface area contributed by atoms with E-state index in [0.717, 1.165) is 32.4 Å². The minimum Gasteiger partial charge on any atom is -0.484 e. The van der Waals surface area contributed by atoms with Gasteiger partial charge in [0, 0.05) is 11.1 Å². The number of hydrogen-bond acceptors (Lipinski definition) is 3. The van der Waals surface area contributed by atoms with Gasteiger partial charge < -0.3 is 9.47 Å². The Bertz CT molecular complexity index is 914. The highest BCUT2D eigenvalue weighted by atomic mass is 32.1. The highest BCUT2D eigenvalue weighted by molar-refractivity contribution is 7.13.